The Hall–Kier alpha value is -0.290. The number of urea groups is 1. The van der Waals surface area contributed by atoms with E-state index in [-0.39, 0.29) is 6.03 Å². The van der Waals surface area contributed by atoms with E-state index in [0.29, 0.717) is 0 Å². The van der Waals surface area contributed by atoms with Gasteiger partial charge < -0.3 is 0 Å². The maximum absolute atomic E-state index is 10.3. The molecule has 2 N–H and O–H groups in total. The van der Waals surface area contributed by atoms with Crippen molar-refractivity contribution >= 4 is 35.7 Å². The normalized spacial score (nSPS) is 7.62. The van der Waals surface area contributed by atoms with Gasteiger partial charge in [-0.3, -0.25) is 10.0 Å². The lowest BCUT2D eigenvalue weighted by Crippen LogP contribution is -2.28. The van der Waals surface area contributed by atoms with Crippen LogP contribution in [0.1, 0.15) is 0 Å². The van der Waals surface area contributed by atoms with Crippen molar-refractivity contribution in [2.75, 3.05) is 6.26 Å². The molecule has 0 fully saturated rings. The molecule has 5 heteroatoms. The molecule has 0 aliphatic rings. The number of carbonyl (C=O) groups is 1. The van der Waals surface area contributed by atoms with Crippen molar-refractivity contribution in [2.45, 2.75) is 0 Å². The molecule has 0 saturated heterocycles. The lowest BCUT2D eigenvalue weighted by Gasteiger charge is -1.94. The standard InChI is InChI=1S/C3H5N2OS2/c1-8-5-3(6)4-2-7/h1H3,(H2,4,5,6,7). The van der Waals surface area contributed by atoms with Crippen LogP contribution in [0.2, 0.25) is 0 Å². The third-order valence-electron chi connectivity index (χ3n) is 0.359. The average molecular weight is 149 g/mol. The minimum Gasteiger partial charge on any atom is -0.296 e. The Balaban J connectivity index is 3.18. The zero-order valence-corrected chi connectivity index (χ0v) is 5.86. The molecule has 0 spiro atoms. The van der Waals surface area contributed by atoms with Gasteiger partial charge in [0.05, 0.1) is 0 Å². The zero-order chi connectivity index (χ0) is 6.41. The second-order valence-corrected chi connectivity index (χ2v) is 1.68. The molecule has 0 aromatic heterocycles. The Morgan fingerprint density at radius 3 is 2.88 bits per heavy atom. The van der Waals surface area contributed by atoms with E-state index in [1.165, 1.54) is 11.9 Å². The first-order valence-corrected chi connectivity index (χ1v) is 3.40. The van der Waals surface area contributed by atoms with Gasteiger partial charge in [0.15, 0.2) is 0 Å². The van der Waals surface area contributed by atoms with Crippen molar-refractivity contribution in [1.82, 2.24) is 10.0 Å². The van der Waals surface area contributed by atoms with Gasteiger partial charge in [-0.05, 0) is 0 Å². The lowest BCUT2D eigenvalue weighted by atomic mass is 11.0. The molecule has 0 bridgehead atoms. The molecular weight excluding hydrogens is 144 g/mol. The smallest absolute Gasteiger partial charge is 0.296 e. The van der Waals surface area contributed by atoms with E-state index in [1.54, 1.807) is 6.26 Å². The highest BCUT2D eigenvalue weighted by Gasteiger charge is 1.90. The Morgan fingerprint density at radius 1 is 1.88 bits per heavy atom. The van der Waals surface area contributed by atoms with Crippen molar-refractivity contribution in [3.05, 3.63) is 0 Å². The average Bonchev–Trinajstić information content (AvgIpc) is 1.68. The summed E-state index contributed by atoms with van der Waals surface area (Å²) in [7, 11) is 0. The van der Waals surface area contributed by atoms with Crippen LogP contribution in [0.3, 0.4) is 0 Å². The van der Waals surface area contributed by atoms with Gasteiger partial charge >= 0.3 is 6.03 Å². The van der Waals surface area contributed by atoms with Crippen LogP contribution in [0, 0.1) is 0 Å². The molecule has 0 aromatic rings. The van der Waals surface area contributed by atoms with E-state index in [9.17, 15) is 4.79 Å². The Kier molecular flexibility index (Phi) is 4.68. The molecule has 1 radical (unpaired) electrons. The summed E-state index contributed by atoms with van der Waals surface area (Å²) in [6, 6.07) is -0.340. The van der Waals surface area contributed by atoms with Crippen LogP contribution in [-0.2, 0) is 0 Å². The fourth-order valence-electron chi connectivity index (χ4n) is 0.165. The van der Waals surface area contributed by atoms with Crippen LogP contribution in [0.15, 0.2) is 0 Å². The topological polar surface area (TPSA) is 41.1 Å². The SMILES string of the molecule is CSNC(=O)N[C]=S. The van der Waals surface area contributed by atoms with Crippen LogP contribution in [0.5, 0.6) is 0 Å². The number of hydrogen-bond donors (Lipinski definition) is 2. The van der Waals surface area contributed by atoms with E-state index in [2.05, 4.69) is 27.7 Å². The largest absolute Gasteiger partial charge is 0.329 e. The Labute approximate surface area is 57.3 Å². The first-order valence-electron chi connectivity index (χ1n) is 1.77. The molecule has 0 aliphatic carbocycles. The van der Waals surface area contributed by atoms with Crippen molar-refractivity contribution < 1.29 is 4.79 Å². The van der Waals surface area contributed by atoms with Gasteiger partial charge in [0.2, 0.25) is 0 Å². The van der Waals surface area contributed by atoms with Crippen LogP contribution >= 0.6 is 24.2 Å². The van der Waals surface area contributed by atoms with Gasteiger partial charge in [0, 0.05) is 6.26 Å². The van der Waals surface area contributed by atoms with Crippen LogP contribution in [0.4, 0.5) is 4.79 Å². The summed E-state index contributed by atoms with van der Waals surface area (Å²) in [5.74, 6) is 0. The van der Waals surface area contributed by atoms with Gasteiger partial charge in [0.1, 0.15) is 5.49 Å². The van der Waals surface area contributed by atoms with Gasteiger partial charge in [-0.15, -0.1) is 0 Å². The minimum absolute atomic E-state index is 0.340. The van der Waals surface area contributed by atoms with Gasteiger partial charge in [-0.25, -0.2) is 4.79 Å². The van der Waals surface area contributed by atoms with E-state index >= 15 is 0 Å². The second kappa shape index (κ2) is 4.86. The summed E-state index contributed by atoms with van der Waals surface area (Å²) in [6.07, 6.45) is 1.74. The predicted octanol–water partition coefficient (Wildman–Crippen LogP) is 0.398. The molecule has 0 rings (SSSR count). The molecule has 3 nitrogen and oxygen atoms in total. The predicted molar refractivity (Wildman–Crippen MR) is 37.8 cm³/mol. The third-order valence-corrected chi connectivity index (χ3v) is 0.851. The van der Waals surface area contributed by atoms with Crippen molar-refractivity contribution in [2.24, 2.45) is 0 Å². The molecular formula is C3H5N2OS2. The van der Waals surface area contributed by atoms with E-state index in [1.807, 2.05) is 0 Å². The number of nitrogens with one attached hydrogen (secondary N) is 2. The van der Waals surface area contributed by atoms with E-state index in [0.717, 1.165) is 0 Å². The number of thiocarbonyl (C=S) groups is 1. The number of amides is 2. The van der Waals surface area contributed by atoms with Crippen molar-refractivity contribution in [3.8, 4) is 0 Å². The van der Waals surface area contributed by atoms with Crippen molar-refractivity contribution in [1.29, 1.82) is 0 Å². The van der Waals surface area contributed by atoms with Crippen LogP contribution in [0.25, 0.3) is 0 Å². The lowest BCUT2D eigenvalue weighted by molar-refractivity contribution is 0.251. The van der Waals surface area contributed by atoms with Crippen LogP contribution < -0.4 is 10.0 Å². The van der Waals surface area contributed by atoms with Gasteiger partial charge in [-0.1, -0.05) is 24.2 Å². The summed E-state index contributed by atoms with van der Waals surface area (Å²) in [4.78, 5) is 10.3. The monoisotopic (exact) mass is 149 g/mol. The number of rotatable bonds is 2. The molecule has 0 aliphatic heterocycles. The molecule has 0 atom stereocenters. The van der Waals surface area contributed by atoms with E-state index < -0.39 is 0 Å². The van der Waals surface area contributed by atoms with Gasteiger partial charge in [0.25, 0.3) is 0 Å². The minimum atomic E-state index is -0.340. The Morgan fingerprint density at radius 2 is 2.50 bits per heavy atom. The highest BCUT2D eigenvalue weighted by molar-refractivity contribution is 7.97. The summed E-state index contributed by atoms with van der Waals surface area (Å²) < 4.78 is 2.38. The fraction of sp³-hybridized carbons (Fsp3) is 0.333. The maximum atomic E-state index is 10.3. The fourth-order valence-corrected chi connectivity index (χ4v) is 0.494. The molecule has 0 unspecified atom stereocenters. The van der Waals surface area contributed by atoms with Crippen molar-refractivity contribution in [3.63, 3.8) is 0 Å². The number of carbonyl (C=O) groups excluding carboxylic acids is 1. The summed E-state index contributed by atoms with van der Waals surface area (Å²) >= 11 is 5.41. The Bertz CT molecular complexity index is 95.3. The second-order valence-electron chi connectivity index (χ2n) is 0.862. The van der Waals surface area contributed by atoms with Gasteiger partial charge in [-0.2, -0.15) is 0 Å². The highest BCUT2D eigenvalue weighted by atomic mass is 32.2. The summed E-state index contributed by atoms with van der Waals surface area (Å²) in [5.41, 5.74) is 2.06. The quantitative estimate of drug-likeness (QED) is 0.339. The number of hydrogen-bond acceptors (Lipinski definition) is 3. The first kappa shape index (κ1) is 7.71. The summed E-state index contributed by atoms with van der Waals surface area (Å²) in [5, 5.41) is 2.14. The molecule has 0 aromatic carbocycles. The molecule has 0 heterocycles. The summed E-state index contributed by atoms with van der Waals surface area (Å²) in [6.45, 7) is 0. The molecule has 2 amide bonds. The molecule has 45 valence electrons. The zero-order valence-electron chi connectivity index (χ0n) is 4.22. The third kappa shape index (κ3) is 3.89. The van der Waals surface area contributed by atoms with E-state index in [4.69, 9.17) is 0 Å². The van der Waals surface area contributed by atoms with Crippen LogP contribution in [-0.4, -0.2) is 17.8 Å². The maximum Gasteiger partial charge on any atom is 0.329 e. The first-order chi connectivity index (χ1) is 3.81. The highest BCUT2D eigenvalue weighted by Crippen LogP contribution is 1.78. The molecule has 0 saturated carbocycles. The molecule has 8 heavy (non-hydrogen) atoms.